The summed E-state index contributed by atoms with van der Waals surface area (Å²) in [7, 11) is -3.24. The van der Waals surface area contributed by atoms with Crippen molar-refractivity contribution in [2.75, 3.05) is 12.3 Å². The van der Waals surface area contributed by atoms with Gasteiger partial charge >= 0.3 is 0 Å². The largest absolute Gasteiger partial charge is 0.352 e. The van der Waals surface area contributed by atoms with Crippen LogP contribution in [0.3, 0.4) is 0 Å². The Morgan fingerprint density at radius 1 is 1.32 bits per heavy atom. The molecule has 1 aliphatic carbocycles. The quantitative estimate of drug-likeness (QED) is 0.812. The van der Waals surface area contributed by atoms with Crippen molar-refractivity contribution in [3.8, 4) is 0 Å². The molecule has 0 aromatic carbocycles. The van der Waals surface area contributed by atoms with Crippen molar-refractivity contribution in [1.82, 2.24) is 9.62 Å². The van der Waals surface area contributed by atoms with Crippen LogP contribution >= 0.6 is 0 Å². The van der Waals surface area contributed by atoms with Crippen molar-refractivity contribution in [3.63, 3.8) is 0 Å². The van der Waals surface area contributed by atoms with Crippen LogP contribution in [0.1, 0.15) is 65.2 Å². The molecule has 0 aromatic rings. The Balaban J connectivity index is 2.02. The van der Waals surface area contributed by atoms with Crippen molar-refractivity contribution in [3.05, 3.63) is 0 Å². The van der Waals surface area contributed by atoms with Gasteiger partial charge in [-0.2, -0.15) is 4.31 Å². The van der Waals surface area contributed by atoms with Gasteiger partial charge in [0.05, 0.1) is 5.75 Å². The lowest BCUT2D eigenvalue weighted by molar-refractivity contribution is -0.126. The van der Waals surface area contributed by atoms with E-state index < -0.39 is 16.1 Å². The molecule has 1 heterocycles. The smallest absolute Gasteiger partial charge is 0.238 e. The zero-order chi connectivity index (χ0) is 16.2. The Bertz CT molecular complexity index is 478. The van der Waals surface area contributed by atoms with Crippen LogP contribution in [0.25, 0.3) is 0 Å². The van der Waals surface area contributed by atoms with E-state index in [1.165, 1.54) is 10.7 Å². The van der Waals surface area contributed by atoms with Gasteiger partial charge in [0.25, 0.3) is 0 Å². The van der Waals surface area contributed by atoms with Gasteiger partial charge in [0.2, 0.25) is 15.9 Å². The average Bonchev–Trinajstić information content (AvgIpc) is 2.79. The lowest BCUT2D eigenvalue weighted by atomic mass is 9.87. The van der Waals surface area contributed by atoms with Gasteiger partial charge in [0, 0.05) is 12.6 Å². The predicted octanol–water partition coefficient (Wildman–Crippen LogP) is 2.28. The first-order valence-corrected chi connectivity index (χ1v) is 10.3. The molecular formula is C16H30N2O3S. The number of unbranched alkanes of at least 4 members (excludes halogenated alkanes) is 1. The number of hydrogen-bond donors (Lipinski definition) is 1. The van der Waals surface area contributed by atoms with Crippen LogP contribution in [0.5, 0.6) is 0 Å². The Hall–Kier alpha value is -0.620. The summed E-state index contributed by atoms with van der Waals surface area (Å²) in [5.74, 6) is 0.741. The van der Waals surface area contributed by atoms with E-state index in [-0.39, 0.29) is 17.7 Å². The second kappa shape index (κ2) is 7.77. The topological polar surface area (TPSA) is 66.5 Å². The molecule has 22 heavy (non-hydrogen) atoms. The molecule has 2 rings (SSSR count). The number of carbonyl (C=O) groups excluding carboxylic acids is 1. The maximum absolute atomic E-state index is 12.7. The summed E-state index contributed by atoms with van der Waals surface area (Å²) in [5, 5.41) is 3.13. The van der Waals surface area contributed by atoms with Gasteiger partial charge in [-0.1, -0.05) is 39.5 Å². The molecule has 1 N–H and O–H groups in total. The highest BCUT2D eigenvalue weighted by atomic mass is 32.2. The Labute approximate surface area is 134 Å². The summed E-state index contributed by atoms with van der Waals surface area (Å²) in [6, 6.07) is -0.296. The molecule has 0 unspecified atom stereocenters. The van der Waals surface area contributed by atoms with E-state index in [0.717, 1.165) is 32.1 Å². The molecule has 1 aliphatic heterocycles. The molecule has 3 atom stereocenters. The summed E-state index contributed by atoms with van der Waals surface area (Å²) >= 11 is 0. The SMILES string of the molecule is CCCC[C@H](C(=O)N[C@@H]1CCC[C@H](C)C1)N1CCCS1(=O)=O. The van der Waals surface area contributed by atoms with Gasteiger partial charge in [-0.15, -0.1) is 0 Å². The molecule has 2 aliphatic rings. The van der Waals surface area contributed by atoms with E-state index in [1.807, 2.05) is 0 Å². The first-order chi connectivity index (χ1) is 10.4. The molecule has 1 saturated carbocycles. The van der Waals surface area contributed by atoms with Crippen LogP contribution in [0.2, 0.25) is 0 Å². The minimum atomic E-state index is -3.24. The molecule has 5 nitrogen and oxygen atoms in total. The highest BCUT2D eigenvalue weighted by Gasteiger charge is 2.38. The van der Waals surface area contributed by atoms with Gasteiger partial charge < -0.3 is 5.32 Å². The lowest BCUT2D eigenvalue weighted by Crippen LogP contribution is -2.51. The summed E-state index contributed by atoms with van der Waals surface area (Å²) in [5.41, 5.74) is 0. The summed E-state index contributed by atoms with van der Waals surface area (Å²) < 4.78 is 25.8. The van der Waals surface area contributed by atoms with E-state index in [9.17, 15) is 13.2 Å². The van der Waals surface area contributed by atoms with E-state index in [2.05, 4.69) is 19.2 Å². The van der Waals surface area contributed by atoms with Gasteiger partial charge in [0.15, 0.2) is 0 Å². The van der Waals surface area contributed by atoms with Crippen LogP contribution in [-0.2, 0) is 14.8 Å². The van der Waals surface area contributed by atoms with Gasteiger partial charge in [0.1, 0.15) is 6.04 Å². The fraction of sp³-hybridized carbons (Fsp3) is 0.938. The molecule has 2 fully saturated rings. The standard InChI is InChI=1S/C16H30N2O3S/c1-3-4-9-15(18-10-6-11-22(18,20)21)16(19)17-14-8-5-7-13(2)12-14/h13-15H,3-12H2,1-2H3,(H,17,19)/t13-,14+,15+/m0/s1. The molecule has 0 radical (unpaired) electrons. The molecule has 0 bridgehead atoms. The van der Waals surface area contributed by atoms with Crippen LogP contribution in [0.4, 0.5) is 0 Å². The summed E-state index contributed by atoms with van der Waals surface area (Å²) in [6.45, 7) is 4.78. The van der Waals surface area contributed by atoms with E-state index in [1.54, 1.807) is 0 Å². The summed E-state index contributed by atoms with van der Waals surface area (Å²) in [4.78, 5) is 12.7. The third-order valence-corrected chi connectivity index (χ3v) is 6.86. The molecular weight excluding hydrogens is 300 g/mol. The Kier molecular flexibility index (Phi) is 6.26. The van der Waals surface area contributed by atoms with Crippen LogP contribution < -0.4 is 5.32 Å². The zero-order valence-corrected chi connectivity index (χ0v) is 14.7. The van der Waals surface area contributed by atoms with Crippen molar-refractivity contribution in [2.45, 2.75) is 77.3 Å². The van der Waals surface area contributed by atoms with Crippen molar-refractivity contribution >= 4 is 15.9 Å². The first-order valence-electron chi connectivity index (χ1n) is 8.74. The van der Waals surface area contributed by atoms with E-state index in [0.29, 0.717) is 25.3 Å². The zero-order valence-electron chi connectivity index (χ0n) is 13.9. The van der Waals surface area contributed by atoms with E-state index >= 15 is 0 Å². The Morgan fingerprint density at radius 2 is 2.09 bits per heavy atom. The number of rotatable bonds is 6. The van der Waals surface area contributed by atoms with Gasteiger partial charge in [-0.05, 0) is 31.6 Å². The average molecular weight is 330 g/mol. The second-order valence-electron chi connectivity index (χ2n) is 6.92. The van der Waals surface area contributed by atoms with Crippen molar-refractivity contribution < 1.29 is 13.2 Å². The van der Waals surface area contributed by atoms with Crippen LogP contribution in [0, 0.1) is 5.92 Å². The predicted molar refractivity (Wildman–Crippen MR) is 88.0 cm³/mol. The number of hydrogen-bond acceptors (Lipinski definition) is 3. The number of nitrogens with zero attached hydrogens (tertiary/aromatic N) is 1. The molecule has 1 saturated heterocycles. The molecule has 0 spiro atoms. The minimum absolute atomic E-state index is 0.0852. The third kappa shape index (κ3) is 4.44. The monoisotopic (exact) mass is 330 g/mol. The first kappa shape index (κ1) is 17.7. The van der Waals surface area contributed by atoms with Gasteiger partial charge in [-0.3, -0.25) is 4.79 Å². The van der Waals surface area contributed by atoms with Crippen LogP contribution in [0.15, 0.2) is 0 Å². The van der Waals surface area contributed by atoms with E-state index in [4.69, 9.17) is 0 Å². The number of carbonyl (C=O) groups is 1. The maximum Gasteiger partial charge on any atom is 0.238 e. The molecule has 1 amide bonds. The highest BCUT2D eigenvalue weighted by Crippen LogP contribution is 2.25. The molecule has 0 aromatic heterocycles. The number of nitrogens with one attached hydrogen (secondary N) is 1. The lowest BCUT2D eigenvalue weighted by Gasteiger charge is -2.31. The van der Waals surface area contributed by atoms with Crippen molar-refractivity contribution in [1.29, 1.82) is 0 Å². The Morgan fingerprint density at radius 3 is 2.68 bits per heavy atom. The van der Waals surface area contributed by atoms with Crippen molar-refractivity contribution in [2.24, 2.45) is 5.92 Å². The fourth-order valence-electron chi connectivity index (χ4n) is 3.67. The highest BCUT2D eigenvalue weighted by molar-refractivity contribution is 7.89. The third-order valence-electron chi connectivity index (χ3n) is 4.90. The fourth-order valence-corrected chi connectivity index (χ4v) is 5.40. The second-order valence-corrected chi connectivity index (χ2v) is 8.96. The van der Waals surface area contributed by atoms with Gasteiger partial charge in [-0.25, -0.2) is 8.42 Å². The molecule has 6 heteroatoms. The number of amides is 1. The molecule has 128 valence electrons. The van der Waals surface area contributed by atoms with Crippen LogP contribution in [-0.4, -0.2) is 43.0 Å². The maximum atomic E-state index is 12.7. The minimum Gasteiger partial charge on any atom is -0.352 e. The summed E-state index contributed by atoms with van der Waals surface area (Å²) in [6.07, 6.45) is 7.52. The normalized spacial score (nSPS) is 30.1. The number of sulfonamides is 1.